The average Bonchev–Trinajstić information content (AvgIpc) is 2.46. The topological polar surface area (TPSA) is 63.4 Å². The van der Waals surface area contributed by atoms with Crippen LogP contribution < -0.4 is 11.3 Å². The Kier molecular flexibility index (Phi) is 5.27. The standard InChI is InChI=1S/C14H24N4O/c1-11(2)18-7-8-19-14(10-18)13(17-15)9-12-3-5-16-6-4-12/h3-6,11,13-14,17H,7-10,15H2,1-2H3. The predicted molar refractivity (Wildman–Crippen MR) is 75.5 cm³/mol. The molecule has 5 nitrogen and oxygen atoms in total. The van der Waals surface area contributed by atoms with Crippen molar-refractivity contribution < 1.29 is 4.74 Å². The first-order valence-electron chi connectivity index (χ1n) is 6.91. The highest BCUT2D eigenvalue weighted by Crippen LogP contribution is 2.14. The average molecular weight is 264 g/mol. The molecule has 1 fully saturated rings. The summed E-state index contributed by atoms with van der Waals surface area (Å²) >= 11 is 0. The summed E-state index contributed by atoms with van der Waals surface area (Å²) in [5.41, 5.74) is 4.13. The number of rotatable bonds is 5. The number of hydrogen-bond acceptors (Lipinski definition) is 5. The number of hydrogen-bond donors (Lipinski definition) is 2. The van der Waals surface area contributed by atoms with E-state index >= 15 is 0 Å². The van der Waals surface area contributed by atoms with E-state index in [1.807, 2.05) is 24.5 Å². The summed E-state index contributed by atoms with van der Waals surface area (Å²) in [4.78, 5) is 6.47. The molecule has 0 bridgehead atoms. The SMILES string of the molecule is CC(C)N1CCOC(C(Cc2ccncc2)NN)C1. The van der Waals surface area contributed by atoms with E-state index < -0.39 is 0 Å². The van der Waals surface area contributed by atoms with Gasteiger partial charge in [-0.1, -0.05) is 0 Å². The molecule has 0 spiro atoms. The van der Waals surface area contributed by atoms with Gasteiger partial charge in [0.05, 0.1) is 18.8 Å². The molecule has 1 aliphatic heterocycles. The largest absolute Gasteiger partial charge is 0.374 e. The molecule has 2 rings (SSSR count). The van der Waals surface area contributed by atoms with E-state index in [1.54, 1.807) is 0 Å². The number of nitrogens with one attached hydrogen (secondary N) is 1. The fourth-order valence-electron chi connectivity index (χ4n) is 2.48. The highest BCUT2D eigenvalue weighted by Gasteiger charge is 2.28. The molecule has 1 saturated heterocycles. The normalized spacial score (nSPS) is 22.6. The summed E-state index contributed by atoms with van der Waals surface area (Å²) in [5, 5.41) is 0. The van der Waals surface area contributed by atoms with Gasteiger partial charge in [0.25, 0.3) is 0 Å². The van der Waals surface area contributed by atoms with Crippen molar-refractivity contribution in [2.75, 3.05) is 19.7 Å². The third kappa shape index (κ3) is 3.98. The van der Waals surface area contributed by atoms with Crippen molar-refractivity contribution in [2.45, 2.75) is 38.5 Å². The fourth-order valence-corrected chi connectivity index (χ4v) is 2.48. The van der Waals surface area contributed by atoms with Crippen LogP contribution >= 0.6 is 0 Å². The van der Waals surface area contributed by atoms with Crippen LogP contribution in [-0.4, -0.2) is 47.8 Å². The summed E-state index contributed by atoms with van der Waals surface area (Å²) in [5.74, 6) is 5.71. The zero-order valence-corrected chi connectivity index (χ0v) is 11.7. The quantitative estimate of drug-likeness (QED) is 0.601. The molecule has 2 heterocycles. The molecule has 2 unspecified atom stereocenters. The van der Waals surface area contributed by atoms with Crippen molar-refractivity contribution >= 4 is 0 Å². The maximum Gasteiger partial charge on any atom is 0.0872 e. The second-order valence-corrected chi connectivity index (χ2v) is 5.33. The lowest BCUT2D eigenvalue weighted by atomic mass is 10.0. The van der Waals surface area contributed by atoms with Crippen LogP contribution in [0.3, 0.4) is 0 Å². The zero-order valence-electron chi connectivity index (χ0n) is 11.7. The van der Waals surface area contributed by atoms with Crippen LogP contribution in [-0.2, 0) is 11.2 Å². The molecule has 0 aliphatic carbocycles. The third-order valence-electron chi connectivity index (χ3n) is 3.72. The van der Waals surface area contributed by atoms with Gasteiger partial charge >= 0.3 is 0 Å². The number of ether oxygens (including phenoxy) is 1. The highest BCUT2D eigenvalue weighted by atomic mass is 16.5. The first kappa shape index (κ1) is 14.4. The number of nitrogens with two attached hydrogens (primary N) is 1. The number of hydrazine groups is 1. The van der Waals surface area contributed by atoms with E-state index in [9.17, 15) is 0 Å². The Bertz CT molecular complexity index is 371. The Morgan fingerprint density at radius 1 is 1.47 bits per heavy atom. The van der Waals surface area contributed by atoms with Crippen molar-refractivity contribution in [3.63, 3.8) is 0 Å². The smallest absolute Gasteiger partial charge is 0.0872 e. The summed E-state index contributed by atoms with van der Waals surface area (Å²) in [7, 11) is 0. The van der Waals surface area contributed by atoms with E-state index in [4.69, 9.17) is 10.6 Å². The Hall–Kier alpha value is -1.01. The molecular formula is C14H24N4O. The Morgan fingerprint density at radius 3 is 2.84 bits per heavy atom. The second kappa shape index (κ2) is 6.96. The second-order valence-electron chi connectivity index (χ2n) is 5.33. The van der Waals surface area contributed by atoms with Crippen LogP contribution in [0.25, 0.3) is 0 Å². The van der Waals surface area contributed by atoms with Crippen LogP contribution in [0.2, 0.25) is 0 Å². The molecule has 5 heteroatoms. The van der Waals surface area contributed by atoms with Crippen molar-refractivity contribution in [1.82, 2.24) is 15.3 Å². The number of aromatic nitrogens is 1. The van der Waals surface area contributed by atoms with Crippen LogP contribution in [0.15, 0.2) is 24.5 Å². The first-order valence-corrected chi connectivity index (χ1v) is 6.91. The van der Waals surface area contributed by atoms with Crippen LogP contribution in [0.1, 0.15) is 19.4 Å². The molecule has 3 N–H and O–H groups in total. The molecule has 19 heavy (non-hydrogen) atoms. The molecule has 106 valence electrons. The van der Waals surface area contributed by atoms with Crippen molar-refractivity contribution in [3.8, 4) is 0 Å². The molecule has 1 aliphatic rings. The minimum absolute atomic E-state index is 0.129. The van der Waals surface area contributed by atoms with Gasteiger partial charge in [0.15, 0.2) is 0 Å². The van der Waals surface area contributed by atoms with Gasteiger partial charge in [-0.15, -0.1) is 0 Å². The van der Waals surface area contributed by atoms with Gasteiger partial charge in [-0.05, 0) is 38.0 Å². The molecule has 0 saturated carbocycles. The molecule has 1 aromatic rings. The van der Waals surface area contributed by atoms with Crippen LogP contribution in [0.5, 0.6) is 0 Å². The highest BCUT2D eigenvalue weighted by molar-refractivity contribution is 5.12. The van der Waals surface area contributed by atoms with Crippen molar-refractivity contribution in [2.24, 2.45) is 5.84 Å². The lowest BCUT2D eigenvalue weighted by Crippen LogP contribution is -2.56. The van der Waals surface area contributed by atoms with Gasteiger partial charge < -0.3 is 4.74 Å². The van der Waals surface area contributed by atoms with E-state index in [0.29, 0.717) is 6.04 Å². The van der Waals surface area contributed by atoms with E-state index in [-0.39, 0.29) is 12.1 Å². The molecule has 0 amide bonds. The van der Waals surface area contributed by atoms with E-state index in [0.717, 1.165) is 26.1 Å². The van der Waals surface area contributed by atoms with E-state index in [1.165, 1.54) is 5.56 Å². The number of morpholine rings is 1. The first-order chi connectivity index (χ1) is 9.20. The third-order valence-corrected chi connectivity index (χ3v) is 3.72. The lowest BCUT2D eigenvalue weighted by Gasteiger charge is -2.38. The van der Waals surface area contributed by atoms with Gasteiger partial charge in [0.2, 0.25) is 0 Å². The molecule has 0 radical (unpaired) electrons. The number of pyridine rings is 1. The predicted octanol–water partition coefficient (Wildman–Crippen LogP) is 0.565. The van der Waals surface area contributed by atoms with Gasteiger partial charge in [-0.2, -0.15) is 0 Å². The minimum atomic E-state index is 0.129. The minimum Gasteiger partial charge on any atom is -0.374 e. The van der Waals surface area contributed by atoms with Crippen LogP contribution in [0.4, 0.5) is 0 Å². The fraction of sp³-hybridized carbons (Fsp3) is 0.643. The molecule has 2 atom stereocenters. The van der Waals surface area contributed by atoms with Gasteiger partial charge in [0.1, 0.15) is 0 Å². The maximum absolute atomic E-state index is 5.88. The van der Waals surface area contributed by atoms with Gasteiger partial charge in [-0.25, -0.2) is 0 Å². The van der Waals surface area contributed by atoms with E-state index in [2.05, 4.69) is 29.2 Å². The Morgan fingerprint density at radius 2 is 2.21 bits per heavy atom. The van der Waals surface area contributed by atoms with Crippen LogP contribution in [0, 0.1) is 0 Å². The lowest BCUT2D eigenvalue weighted by molar-refractivity contribution is -0.0552. The molecular weight excluding hydrogens is 240 g/mol. The summed E-state index contributed by atoms with van der Waals surface area (Å²) in [6.07, 6.45) is 4.61. The molecule has 0 aromatic carbocycles. The monoisotopic (exact) mass is 264 g/mol. The summed E-state index contributed by atoms with van der Waals surface area (Å²) in [6.45, 7) is 7.14. The van der Waals surface area contributed by atoms with Crippen molar-refractivity contribution in [3.05, 3.63) is 30.1 Å². The maximum atomic E-state index is 5.88. The Labute approximate surface area is 115 Å². The summed E-state index contributed by atoms with van der Waals surface area (Å²) in [6, 6.07) is 4.72. The zero-order chi connectivity index (χ0) is 13.7. The van der Waals surface area contributed by atoms with Gasteiger partial charge in [0, 0.05) is 31.5 Å². The Balaban J connectivity index is 1.97. The van der Waals surface area contributed by atoms with Gasteiger partial charge in [-0.3, -0.25) is 21.2 Å². The number of nitrogens with zero attached hydrogens (tertiary/aromatic N) is 2. The summed E-state index contributed by atoms with van der Waals surface area (Å²) < 4.78 is 5.88. The molecule has 1 aromatic heterocycles. The van der Waals surface area contributed by atoms with Crippen molar-refractivity contribution in [1.29, 1.82) is 0 Å².